The molecule has 2 aliphatic heterocycles. The Morgan fingerprint density at radius 1 is 0.562 bits per heavy atom. The molecule has 2 saturated carbocycles. The second-order valence-corrected chi connectivity index (χ2v) is 17.7. The number of hydrogen-bond acceptors (Lipinski definition) is 10. The van der Waals surface area contributed by atoms with Crippen molar-refractivity contribution in [3.63, 3.8) is 0 Å². The van der Waals surface area contributed by atoms with Crippen molar-refractivity contribution in [1.29, 1.82) is 0 Å². The van der Waals surface area contributed by atoms with Crippen molar-refractivity contribution in [2.45, 2.75) is 102 Å². The summed E-state index contributed by atoms with van der Waals surface area (Å²) < 4.78 is 30.4. The summed E-state index contributed by atoms with van der Waals surface area (Å²) in [5.74, 6) is 3.63. The summed E-state index contributed by atoms with van der Waals surface area (Å²) in [6.45, 7) is 7.64. The highest BCUT2D eigenvalue weighted by Crippen LogP contribution is 2.52. The predicted molar refractivity (Wildman–Crippen MR) is 241 cm³/mol. The Bertz CT molecular complexity index is 2530. The van der Waals surface area contributed by atoms with E-state index in [1.807, 2.05) is 97.6 Å². The summed E-state index contributed by atoms with van der Waals surface area (Å²) in [7, 11) is 7.38. The lowest BCUT2D eigenvalue weighted by Gasteiger charge is -2.37. The first-order chi connectivity index (χ1) is 30.7. The molecule has 4 aromatic heterocycles. The van der Waals surface area contributed by atoms with Crippen molar-refractivity contribution in [3.05, 3.63) is 130 Å². The van der Waals surface area contributed by atoms with Crippen molar-refractivity contribution in [2.24, 2.45) is 0 Å². The maximum Gasteiger partial charge on any atom is 0.249 e. The number of halogens is 2. The molecule has 0 N–H and O–H groups in total. The fraction of sp³-hybridized carbons (Fsp3) is 0.417. The van der Waals surface area contributed by atoms with Gasteiger partial charge in [-0.1, -0.05) is 24.3 Å². The van der Waals surface area contributed by atoms with E-state index in [9.17, 15) is 18.4 Å². The van der Waals surface area contributed by atoms with Gasteiger partial charge in [-0.25, -0.2) is 28.7 Å². The number of carbonyl (C=O) groups is 2. The molecular weight excluding hydrogens is 815 g/mol. The van der Waals surface area contributed by atoms with Gasteiger partial charge in [0.25, 0.3) is 0 Å². The molecule has 16 heteroatoms. The molecular formula is C48H54F2N12O2. The Morgan fingerprint density at radius 3 is 1.31 bits per heavy atom. The summed E-state index contributed by atoms with van der Waals surface area (Å²) in [5, 5.41) is 9.12. The first kappa shape index (κ1) is 42.7. The normalized spacial score (nSPS) is 22.3. The van der Waals surface area contributed by atoms with E-state index in [0.717, 1.165) is 94.0 Å². The van der Waals surface area contributed by atoms with Crippen LogP contribution in [0.1, 0.15) is 95.9 Å². The lowest BCUT2D eigenvalue weighted by molar-refractivity contribution is -0.120. The average Bonchev–Trinajstić information content (AvgIpc) is 4.16. The number of nitrogens with zero attached hydrogens (tertiary/aromatic N) is 12. The number of rotatable bonds is 10. The number of aryl methyl sites for hydroxylation is 6. The molecule has 0 spiro atoms. The maximum absolute atomic E-state index is 13.2. The Hall–Kier alpha value is -6.58. The third-order valence-electron chi connectivity index (χ3n) is 13.4. The molecule has 0 radical (unpaired) electrons. The molecule has 2 aliphatic carbocycles. The number of amides is 2. The van der Waals surface area contributed by atoms with Crippen LogP contribution in [0.2, 0.25) is 0 Å². The number of fused-ring (bicyclic) bond motifs is 2. The highest BCUT2D eigenvalue weighted by atomic mass is 19.1. The van der Waals surface area contributed by atoms with E-state index >= 15 is 0 Å². The Balaban J connectivity index is 0.000000162. The number of anilines is 4. The van der Waals surface area contributed by atoms with E-state index in [1.165, 1.54) is 24.3 Å². The van der Waals surface area contributed by atoms with Crippen molar-refractivity contribution in [1.82, 2.24) is 39.5 Å². The van der Waals surface area contributed by atoms with E-state index < -0.39 is 0 Å². The third-order valence-corrected chi connectivity index (χ3v) is 13.4. The fourth-order valence-electron chi connectivity index (χ4n) is 9.17. The van der Waals surface area contributed by atoms with Gasteiger partial charge in [0.15, 0.2) is 11.6 Å². The molecule has 6 heterocycles. The van der Waals surface area contributed by atoms with Crippen LogP contribution in [0.15, 0.2) is 73.3 Å². The summed E-state index contributed by atoms with van der Waals surface area (Å²) in [5.41, 5.74) is 7.80. The number of aromatic nitrogens is 8. The van der Waals surface area contributed by atoms with Gasteiger partial charge in [-0.15, -0.1) is 0 Å². The highest BCUT2D eigenvalue weighted by molar-refractivity contribution is 6.05. The van der Waals surface area contributed by atoms with Crippen molar-refractivity contribution >= 4 is 34.8 Å². The minimum atomic E-state index is -0.250. The van der Waals surface area contributed by atoms with Crippen molar-refractivity contribution in [2.75, 3.05) is 47.8 Å². The van der Waals surface area contributed by atoms with E-state index in [2.05, 4.69) is 32.6 Å². The molecule has 2 fully saturated rings. The standard InChI is InChI=1S/2C24H27FN6O/c2*1-14-22-23(29(3)15(2)24(32)30(22)4)28-21(27-14)10-5-16-12-26-31(13-16)20-11-19(20)17-6-8-18(25)9-7-17/h2*6-9,12-13,15,19-20H,5,10-11H2,1-4H3/t15-,19+,20+;15-,19-,20-/m00/s1. The van der Waals surface area contributed by atoms with Crippen LogP contribution in [0.25, 0.3) is 0 Å². The molecule has 14 nitrogen and oxygen atoms in total. The number of benzene rings is 2. The zero-order chi connectivity index (χ0) is 45.1. The minimum Gasteiger partial charge on any atom is -0.346 e. The molecule has 0 bridgehead atoms. The molecule has 0 saturated heterocycles. The van der Waals surface area contributed by atoms with Crippen LogP contribution >= 0.6 is 0 Å². The zero-order valence-corrected chi connectivity index (χ0v) is 37.6. The molecule has 0 unspecified atom stereocenters. The second-order valence-electron chi connectivity index (χ2n) is 17.7. The van der Waals surface area contributed by atoms with Crippen molar-refractivity contribution in [3.8, 4) is 0 Å². The molecule has 2 aromatic carbocycles. The van der Waals surface area contributed by atoms with Gasteiger partial charge in [-0.3, -0.25) is 19.0 Å². The summed E-state index contributed by atoms with van der Waals surface area (Å²) in [6, 6.07) is 13.7. The van der Waals surface area contributed by atoms with Gasteiger partial charge in [0, 0.05) is 65.3 Å². The first-order valence-corrected chi connectivity index (χ1v) is 22.0. The van der Waals surface area contributed by atoms with Gasteiger partial charge < -0.3 is 19.6 Å². The monoisotopic (exact) mass is 868 g/mol. The molecule has 64 heavy (non-hydrogen) atoms. The first-order valence-electron chi connectivity index (χ1n) is 22.0. The number of hydrogen-bond donors (Lipinski definition) is 0. The van der Waals surface area contributed by atoms with Gasteiger partial charge in [0.05, 0.1) is 35.9 Å². The molecule has 10 rings (SSSR count). The SMILES string of the molecule is Cc1nc(CCc2cnn([C@@H]3C[C@@H]3c3ccc(F)cc3)c2)nc2c1N(C)C(=O)[C@H](C)N2C.Cc1nc(CCc2cnn([C@H]3C[C@H]3c3ccc(F)cc3)c2)nc2c1N(C)C(=O)[C@H](C)N2C. The fourth-order valence-corrected chi connectivity index (χ4v) is 9.17. The molecule has 332 valence electrons. The maximum atomic E-state index is 13.2. The van der Waals surface area contributed by atoms with Crippen LogP contribution in [0, 0.1) is 25.5 Å². The van der Waals surface area contributed by atoms with Crippen LogP contribution in [0.4, 0.5) is 31.8 Å². The predicted octanol–water partition coefficient (Wildman–Crippen LogP) is 6.87. The molecule has 6 aromatic rings. The van der Waals surface area contributed by atoms with Crippen LogP contribution in [-0.4, -0.2) is 91.6 Å². The number of carbonyl (C=O) groups excluding carboxylic acids is 2. The summed E-state index contributed by atoms with van der Waals surface area (Å²) >= 11 is 0. The molecule has 2 amide bonds. The van der Waals surface area contributed by atoms with Crippen LogP contribution in [0.5, 0.6) is 0 Å². The minimum absolute atomic E-state index is 0.0471. The Kier molecular flexibility index (Phi) is 11.2. The molecule has 4 aliphatic rings. The van der Waals surface area contributed by atoms with E-state index in [1.54, 1.807) is 23.9 Å². The van der Waals surface area contributed by atoms with Gasteiger partial charge in [0.1, 0.15) is 46.7 Å². The van der Waals surface area contributed by atoms with E-state index in [4.69, 9.17) is 9.97 Å². The number of likely N-dealkylation sites (N-methyl/N-ethyl adjacent to an activating group) is 4. The Labute approximate surface area is 372 Å². The topological polar surface area (TPSA) is 134 Å². The van der Waals surface area contributed by atoms with Crippen LogP contribution in [0.3, 0.4) is 0 Å². The quantitative estimate of drug-likeness (QED) is 0.144. The van der Waals surface area contributed by atoms with E-state index in [-0.39, 0.29) is 35.5 Å². The average molecular weight is 869 g/mol. The van der Waals surface area contributed by atoms with Crippen LogP contribution < -0.4 is 19.6 Å². The Morgan fingerprint density at radius 2 is 0.938 bits per heavy atom. The van der Waals surface area contributed by atoms with Gasteiger partial charge in [0.2, 0.25) is 11.8 Å². The van der Waals surface area contributed by atoms with Gasteiger partial charge >= 0.3 is 0 Å². The van der Waals surface area contributed by atoms with E-state index in [0.29, 0.717) is 36.8 Å². The smallest absolute Gasteiger partial charge is 0.249 e. The third kappa shape index (κ3) is 8.21. The summed E-state index contributed by atoms with van der Waals surface area (Å²) in [6.07, 6.45) is 13.0. The molecule has 6 atom stereocenters. The second kappa shape index (κ2) is 16.8. The van der Waals surface area contributed by atoms with Crippen molar-refractivity contribution < 1.29 is 18.4 Å². The lowest BCUT2D eigenvalue weighted by atomic mass is 10.1. The summed E-state index contributed by atoms with van der Waals surface area (Å²) in [4.78, 5) is 51.0. The van der Waals surface area contributed by atoms with Gasteiger partial charge in [-0.05, 0) is 99.9 Å². The van der Waals surface area contributed by atoms with Gasteiger partial charge in [-0.2, -0.15) is 10.2 Å². The highest BCUT2D eigenvalue weighted by Gasteiger charge is 2.42. The zero-order valence-electron chi connectivity index (χ0n) is 37.6. The lowest BCUT2D eigenvalue weighted by Crippen LogP contribution is -2.50. The van der Waals surface area contributed by atoms with Crippen LogP contribution in [-0.2, 0) is 35.3 Å². The largest absolute Gasteiger partial charge is 0.346 e.